The quantitative estimate of drug-likeness (QED) is 0.851. The minimum atomic E-state index is -0.348. The first-order chi connectivity index (χ1) is 10.1. The van der Waals surface area contributed by atoms with Crippen LogP contribution in [0.15, 0.2) is 42.5 Å². The molecule has 0 bridgehead atoms. The van der Waals surface area contributed by atoms with Gasteiger partial charge in [0.15, 0.2) is 0 Å². The number of hydrogen-bond donors (Lipinski definition) is 2. The molecule has 5 nitrogen and oxygen atoms in total. The van der Waals surface area contributed by atoms with Gasteiger partial charge in [-0.05, 0) is 30.3 Å². The van der Waals surface area contributed by atoms with Crippen LogP contribution >= 0.6 is 11.6 Å². The van der Waals surface area contributed by atoms with E-state index in [4.69, 9.17) is 11.6 Å². The molecule has 0 atom stereocenters. The van der Waals surface area contributed by atoms with Crippen molar-refractivity contribution in [1.29, 1.82) is 0 Å². The van der Waals surface area contributed by atoms with E-state index >= 15 is 0 Å². The van der Waals surface area contributed by atoms with Gasteiger partial charge in [-0.15, -0.1) is 0 Å². The standard InChI is InChI=1S/C15H11ClN2O3/c16-10-7-9(5-6-13(10)19)15(21)18-8-14(20)17-11-3-1-2-4-12(11)18/h1-7,19H,8H2,(H,17,20). The first kappa shape index (κ1) is 13.5. The van der Waals surface area contributed by atoms with E-state index in [9.17, 15) is 14.7 Å². The first-order valence-corrected chi connectivity index (χ1v) is 6.63. The van der Waals surface area contributed by atoms with Crippen LogP contribution in [0.3, 0.4) is 0 Å². The molecule has 1 aliphatic heterocycles. The normalized spacial score (nSPS) is 13.6. The summed E-state index contributed by atoms with van der Waals surface area (Å²) in [6, 6.07) is 11.3. The van der Waals surface area contributed by atoms with Gasteiger partial charge < -0.3 is 10.4 Å². The van der Waals surface area contributed by atoms with Crippen molar-refractivity contribution in [3.8, 4) is 5.75 Å². The van der Waals surface area contributed by atoms with Crippen molar-refractivity contribution in [2.45, 2.75) is 0 Å². The second-order valence-corrected chi connectivity index (χ2v) is 5.03. The molecular weight excluding hydrogens is 292 g/mol. The summed E-state index contributed by atoms with van der Waals surface area (Å²) >= 11 is 5.83. The zero-order chi connectivity index (χ0) is 15.0. The minimum Gasteiger partial charge on any atom is -0.506 e. The summed E-state index contributed by atoms with van der Waals surface area (Å²) in [6.45, 7) is -0.0612. The molecule has 6 heteroatoms. The smallest absolute Gasteiger partial charge is 0.258 e. The van der Waals surface area contributed by atoms with Crippen LogP contribution < -0.4 is 10.2 Å². The van der Waals surface area contributed by atoms with Gasteiger partial charge in [0.25, 0.3) is 5.91 Å². The van der Waals surface area contributed by atoms with Crippen LogP contribution in [0.4, 0.5) is 11.4 Å². The molecule has 0 saturated carbocycles. The molecule has 2 aromatic rings. The maximum absolute atomic E-state index is 12.6. The molecule has 21 heavy (non-hydrogen) atoms. The number of carbonyl (C=O) groups excluding carboxylic acids is 2. The number of phenols is 1. The lowest BCUT2D eigenvalue weighted by molar-refractivity contribution is -0.115. The van der Waals surface area contributed by atoms with Crippen LogP contribution in [0, 0.1) is 0 Å². The Bertz CT molecular complexity index is 745. The molecule has 1 heterocycles. The number of anilines is 2. The number of aromatic hydroxyl groups is 1. The van der Waals surface area contributed by atoms with Gasteiger partial charge in [0.1, 0.15) is 12.3 Å². The second kappa shape index (κ2) is 5.10. The highest BCUT2D eigenvalue weighted by Gasteiger charge is 2.27. The van der Waals surface area contributed by atoms with E-state index in [2.05, 4.69) is 5.32 Å². The number of benzene rings is 2. The average Bonchev–Trinajstić information content (AvgIpc) is 2.48. The molecule has 2 N–H and O–H groups in total. The van der Waals surface area contributed by atoms with Gasteiger partial charge in [-0.3, -0.25) is 14.5 Å². The van der Waals surface area contributed by atoms with E-state index in [1.54, 1.807) is 24.3 Å². The zero-order valence-electron chi connectivity index (χ0n) is 10.8. The van der Waals surface area contributed by atoms with Gasteiger partial charge in [0, 0.05) is 5.56 Å². The molecule has 106 valence electrons. The van der Waals surface area contributed by atoms with Crippen molar-refractivity contribution in [2.24, 2.45) is 0 Å². The topological polar surface area (TPSA) is 69.6 Å². The number of phenolic OH excluding ortho intramolecular Hbond substituents is 1. The Balaban J connectivity index is 2.01. The van der Waals surface area contributed by atoms with Crippen LogP contribution in [-0.4, -0.2) is 23.5 Å². The van der Waals surface area contributed by atoms with E-state index in [1.165, 1.54) is 23.1 Å². The van der Waals surface area contributed by atoms with Crippen molar-refractivity contribution < 1.29 is 14.7 Å². The molecular formula is C15H11ClN2O3. The Hall–Kier alpha value is -2.53. The zero-order valence-corrected chi connectivity index (χ0v) is 11.6. The minimum absolute atomic E-state index is 0.0612. The van der Waals surface area contributed by atoms with Crippen LogP contribution in [0.25, 0.3) is 0 Å². The number of nitrogens with one attached hydrogen (secondary N) is 1. The Morgan fingerprint density at radius 3 is 2.76 bits per heavy atom. The van der Waals surface area contributed by atoms with E-state index in [0.717, 1.165) is 0 Å². The number of carbonyl (C=O) groups is 2. The van der Waals surface area contributed by atoms with Gasteiger partial charge in [-0.1, -0.05) is 23.7 Å². The molecule has 3 rings (SSSR count). The van der Waals surface area contributed by atoms with E-state index < -0.39 is 0 Å². The molecule has 1 aliphatic rings. The molecule has 0 spiro atoms. The van der Waals surface area contributed by atoms with Gasteiger partial charge in [-0.2, -0.15) is 0 Å². The molecule has 2 aromatic carbocycles. The molecule has 2 amide bonds. The van der Waals surface area contributed by atoms with Crippen molar-refractivity contribution in [2.75, 3.05) is 16.8 Å². The van der Waals surface area contributed by atoms with Crippen LogP contribution in [0.2, 0.25) is 5.02 Å². The number of hydrogen-bond acceptors (Lipinski definition) is 3. The van der Waals surface area contributed by atoms with Gasteiger partial charge in [0.05, 0.1) is 16.4 Å². The summed E-state index contributed by atoms with van der Waals surface area (Å²) in [5.41, 5.74) is 1.53. The molecule has 0 unspecified atom stereocenters. The lowest BCUT2D eigenvalue weighted by Gasteiger charge is -2.29. The fraction of sp³-hybridized carbons (Fsp3) is 0.0667. The number of halogens is 1. The molecule has 0 radical (unpaired) electrons. The number of amides is 2. The van der Waals surface area contributed by atoms with Gasteiger partial charge in [0.2, 0.25) is 5.91 Å². The van der Waals surface area contributed by atoms with E-state index in [0.29, 0.717) is 16.9 Å². The van der Waals surface area contributed by atoms with Crippen molar-refractivity contribution in [3.05, 3.63) is 53.1 Å². The summed E-state index contributed by atoms with van der Waals surface area (Å²) in [4.78, 5) is 25.7. The highest BCUT2D eigenvalue weighted by atomic mass is 35.5. The highest BCUT2D eigenvalue weighted by molar-refractivity contribution is 6.32. The maximum atomic E-state index is 12.6. The van der Waals surface area contributed by atoms with Crippen LogP contribution in [-0.2, 0) is 4.79 Å². The van der Waals surface area contributed by atoms with Gasteiger partial charge >= 0.3 is 0 Å². The van der Waals surface area contributed by atoms with E-state index in [-0.39, 0.29) is 29.1 Å². The SMILES string of the molecule is O=C1CN(C(=O)c2ccc(O)c(Cl)c2)c2ccccc2N1. The number of para-hydroxylation sites is 2. The summed E-state index contributed by atoms with van der Waals surface area (Å²) in [6.07, 6.45) is 0. The van der Waals surface area contributed by atoms with Crippen molar-refractivity contribution in [3.63, 3.8) is 0 Å². The third-order valence-corrected chi connectivity index (χ3v) is 3.51. The Morgan fingerprint density at radius 2 is 2.00 bits per heavy atom. The fourth-order valence-electron chi connectivity index (χ4n) is 2.21. The predicted octanol–water partition coefficient (Wildman–Crippen LogP) is 2.64. The van der Waals surface area contributed by atoms with Crippen molar-refractivity contribution in [1.82, 2.24) is 0 Å². The van der Waals surface area contributed by atoms with Crippen LogP contribution in [0.1, 0.15) is 10.4 Å². The lowest BCUT2D eigenvalue weighted by atomic mass is 10.1. The first-order valence-electron chi connectivity index (χ1n) is 6.25. The second-order valence-electron chi connectivity index (χ2n) is 4.62. The largest absolute Gasteiger partial charge is 0.506 e. The monoisotopic (exact) mass is 302 g/mol. The number of rotatable bonds is 1. The van der Waals surface area contributed by atoms with E-state index in [1.807, 2.05) is 0 Å². The van der Waals surface area contributed by atoms with Crippen molar-refractivity contribution >= 4 is 34.8 Å². The number of nitrogens with zero attached hydrogens (tertiary/aromatic N) is 1. The summed E-state index contributed by atoms with van der Waals surface area (Å²) in [7, 11) is 0. The molecule has 0 fully saturated rings. The molecule has 0 aliphatic carbocycles. The van der Waals surface area contributed by atoms with Gasteiger partial charge in [-0.25, -0.2) is 0 Å². The van der Waals surface area contributed by atoms with Crippen LogP contribution in [0.5, 0.6) is 5.75 Å². The summed E-state index contributed by atoms with van der Waals surface area (Å²) in [5, 5.41) is 12.2. The molecule has 0 aromatic heterocycles. The lowest BCUT2D eigenvalue weighted by Crippen LogP contribution is -2.42. The fourth-order valence-corrected chi connectivity index (χ4v) is 2.39. The Kier molecular flexibility index (Phi) is 3.27. The summed E-state index contributed by atoms with van der Waals surface area (Å²) in [5.74, 6) is -0.698. The maximum Gasteiger partial charge on any atom is 0.258 e. The molecule has 0 saturated heterocycles. The predicted molar refractivity (Wildman–Crippen MR) is 79.9 cm³/mol. The highest BCUT2D eigenvalue weighted by Crippen LogP contribution is 2.31. The summed E-state index contributed by atoms with van der Waals surface area (Å²) < 4.78 is 0. The third kappa shape index (κ3) is 2.43. The Morgan fingerprint density at radius 1 is 1.24 bits per heavy atom. The third-order valence-electron chi connectivity index (χ3n) is 3.21. The average molecular weight is 303 g/mol. The number of fused-ring (bicyclic) bond motifs is 1. The Labute approximate surface area is 125 Å².